The molecule has 3 aromatic rings. The van der Waals surface area contributed by atoms with Crippen molar-refractivity contribution >= 4 is 22.1 Å². The molecule has 1 aromatic heterocycles. The second-order valence-electron chi connectivity index (χ2n) is 16.7. The van der Waals surface area contributed by atoms with Crippen LogP contribution in [0.4, 0.5) is 23.9 Å². The summed E-state index contributed by atoms with van der Waals surface area (Å²) in [5.41, 5.74) is 0.977. The highest BCUT2D eigenvalue weighted by atomic mass is 32.2. The number of carbonyl (C=O) groups excluding carboxylic acids is 1. The number of fused-ring (bicyclic) bond motifs is 4. The van der Waals surface area contributed by atoms with E-state index in [-0.39, 0.29) is 47.2 Å². The number of nitrogens with zero attached hydrogens (tertiary/aromatic N) is 3. The van der Waals surface area contributed by atoms with Gasteiger partial charge in [0.15, 0.2) is 0 Å². The van der Waals surface area contributed by atoms with Crippen molar-refractivity contribution in [3.05, 3.63) is 65.2 Å². The maximum absolute atomic E-state index is 14.6. The number of sulfonamides is 1. The molecular formula is C39H49F3N4O5S. The first kappa shape index (κ1) is 37.9. The number of nitrogens with one attached hydrogen (secondary N) is 1. The number of benzene rings is 2. The van der Waals surface area contributed by atoms with Crippen LogP contribution >= 0.6 is 0 Å². The van der Waals surface area contributed by atoms with Crippen LogP contribution in [0.2, 0.25) is 0 Å². The Morgan fingerprint density at radius 2 is 1.62 bits per heavy atom. The predicted molar refractivity (Wildman–Crippen MR) is 193 cm³/mol. The molecule has 1 saturated heterocycles. The van der Waals surface area contributed by atoms with Crippen molar-refractivity contribution in [2.45, 2.75) is 103 Å². The van der Waals surface area contributed by atoms with Crippen LogP contribution in [-0.2, 0) is 14.8 Å². The summed E-state index contributed by atoms with van der Waals surface area (Å²) in [6, 6.07) is 13.9. The summed E-state index contributed by atoms with van der Waals surface area (Å²) in [7, 11) is -4.19. The van der Waals surface area contributed by atoms with Crippen molar-refractivity contribution in [2.24, 2.45) is 22.7 Å². The third-order valence-corrected chi connectivity index (χ3v) is 12.4. The second-order valence-corrected chi connectivity index (χ2v) is 18.4. The highest BCUT2D eigenvalue weighted by molar-refractivity contribution is 7.92. The fourth-order valence-corrected chi connectivity index (χ4v) is 9.35. The molecule has 282 valence electrons. The summed E-state index contributed by atoms with van der Waals surface area (Å²) < 4.78 is 85.9. The predicted octanol–water partition coefficient (Wildman–Crippen LogP) is 9.06. The SMILES string of the molecule is Cc1cccc(C)c1-c1cc2nc(n1)NS(=O)(=O)c1cccc(c1)C(C1CC3(CCN(C(=O)OC(C)(C)C)CC3)C1)[C@H](CC(C)(C)C(F)(F)F)CO2. The van der Waals surface area contributed by atoms with Gasteiger partial charge in [0, 0.05) is 30.6 Å². The average Bonchev–Trinajstić information content (AvgIpc) is 3.01. The van der Waals surface area contributed by atoms with Gasteiger partial charge in [0.25, 0.3) is 10.0 Å². The molecule has 2 aliphatic heterocycles. The van der Waals surface area contributed by atoms with Gasteiger partial charge < -0.3 is 14.4 Å². The molecule has 1 spiro atoms. The maximum atomic E-state index is 14.6. The van der Waals surface area contributed by atoms with Gasteiger partial charge in [0.1, 0.15) is 5.60 Å². The van der Waals surface area contributed by atoms with E-state index in [4.69, 9.17) is 9.47 Å². The summed E-state index contributed by atoms with van der Waals surface area (Å²) in [6.07, 6.45) is -2.07. The maximum Gasteiger partial charge on any atom is 0.410 e. The van der Waals surface area contributed by atoms with Gasteiger partial charge in [0.2, 0.25) is 11.8 Å². The van der Waals surface area contributed by atoms with E-state index in [1.165, 1.54) is 19.9 Å². The van der Waals surface area contributed by atoms with E-state index in [9.17, 15) is 26.4 Å². The Kier molecular flexibility index (Phi) is 9.85. The molecule has 3 heterocycles. The first-order valence-corrected chi connectivity index (χ1v) is 19.4. The van der Waals surface area contributed by atoms with Crippen LogP contribution in [0.1, 0.15) is 89.3 Å². The zero-order valence-electron chi connectivity index (χ0n) is 30.9. The zero-order valence-corrected chi connectivity index (χ0v) is 31.7. The molecule has 2 aromatic carbocycles. The van der Waals surface area contributed by atoms with Crippen LogP contribution in [-0.4, -0.2) is 60.9 Å². The lowest BCUT2D eigenvalue weighted by atomic mass is 9.51. The average molecular weight is 743 g/mol. The Morgan fingerprint density at radius 3 is 2.23 bits per heavy atom. The number of halogens is 3. The third kappa shape index (κ3) is 7.89. The molecule has 1 aliphatic carbocycles. The summed E-state index contributed by atoms with van der Waals surface area (Å²) in [4.78, 5) is 23.4. The van der Waals surface area contributed by atoms with Gasteiger partial charge in [0.05, 0.1) is 22.6 Å². The minimum Gasteiger partial charge on any atom is -0.477 e. The van der Waals surface area contributed by atoms with E-state index in [0.29, 0.717) is 24.3 Å². The second kappa shape index (κ2) is 13.5. The van der Waals surface area contributed by atoms with Crippen LogP contribution in [0, 0.1) is 36.5 Å². The quantitative estimate of drug-likeness (QED) is 0.284. The van der Waals surface area contributed by atoms with Crippen molar-refractivity contribution in [1.82, 2.24) is 14.9 Å². The number of alkyl halides is 3. The molecule has 3 aliphatic rings. The number of anilines is 1. The molecule has 4 bridgehead atoms. The zero-order chi connectivity index (χ0) is 37.9. The Morgan fingerprint density at radius 1 is 0.981 bits per heavy atom. The van der Waals surface area contributed by atoms with Crippen LogP contribution in [0.5, 0.6) is 5.88 Å². The monoisotopic (exact) mass is 742 g/mol. The number of carbonyl (C=O) groups is 1. The first-order chi connectivity index (χ1) is 24.2. The number of piperidine rings is 1. The molecule has 2 atom stereocenters. The van der Waals surface area contributed by atoms with Gasteiger partial charge in [-0.3, -0.25) is 0 Å². The highest BCUT2D eigenvalue weighted by Crippen LogP contribution is 2.60. The molecule has 13 heteroatoms. The fourth-order valence-electron chi connectivity index (χ4n) is 8.35. The summed E-state index contributed by atoms with van der Waals surface area (Å²) >= 11 is 0. The number of hydrogen-bond donors (Lipinski definition) is 1. The van der Waals surface area contributed by atoms with E-state index >= 15 is 0 Å². The lowest BCUT2D eigenvalue weighted by molar-refractivity contribution is -0.219. The minimum atomic E-state index is -4.48. The summed E-state index contributed by atoms with van der Waals surface area (Å²) in [5, 5.41) is 0. The lowest BCUT2D eigenvalue weighted by Gasteiger charge is -2.55. The smallest absolute Gasteiger partial charge is 0.410 e. The van der Waals surface area contributed by atoms with Crippen LogP contribution in [0.25, 0.3) is 11.3 Å². The Labute approximate surface area is 304 Å². The molecule has 1 saturated carbocycles. The molecular weight excluding hydrogens is 694 g/mol. The van der Waals surface area contributed by atoms with Crippen molar-refractivity contribution in [2.75, 3.05) is 24.4 Å². The molecule has 1 amide bonds. The first-order valence-electron chi connectivity index (χ1n) is 17.9. The van der Waals surface area contributed by atoms with E-state index in [1.807, 2.05) is 58.9 Å². The van der Waals surface area contributed by atoms with E-state index < -0.39 is 39.1 Å². The molecule has 9 nitrogen and oxygen atoms in total. The number of hydrogen-bond acceptors (Lipinski definition) is 7. The standard InChI is InChI=1S/C39H49F3N4O5S/c1-24-10-8-11-25(2)32(24)30-19-31-44-34(43-30)45-52(48,49)29-13-9-12-26(18-29)33(28(23-50-31)20-37(6,7)39(40,41)42)27-21-38(22-27)14-16-46(17-15-38)35(47)51-36(3,4)5/h8-13,18-19,27-28,33H,14-17,20-23H2,1-7H3,(H,43,44,45)/t28-,33?/m1/s1. The van der Waals surface area contributed by atoms with Crippen molar-refractivity contribution in [3.8, 4) is 17.1 Å². The van der Waals surface area contributed by atoms with Gasteiger partial charge in [-0.15, -0.1) is 0 Å². The number of likely N-dealkylation sites (tertiary alicyclic amines) is 1. The number of rotatable bonds is 4. The van der Waals surface area contributed by atoms with Gasteiger partial charge in [-0.25, -0.2) is 22.9 Å². The summed E-state index contributed by atoms with van der Waals surface area (Å²) in [5.74, 6) is -1.24. The Bertz CT molecular complexity index is 1910. The lowest BCUT2D eigenvalue weighted by Crippen LogP contribution is -2.51. The number of aromatic nitrogens is 2. The highest BCUT2D eigenvalue weighted by Gasteiger charge is 2.54. The Balaban J connectivity index is 1.37. The van der Waals surface area contributed by atoms with Crippen LogP contribution in [0.3, 0.4) is 0 Å². The number of ether oxygens (including phenoxy) is 2. The Hall–Kier alpha value is -3.87. The largest absolute Gasteiger partial charge is 0.477 e. The van der Waals surface area contributed by atoms with Crippen LogP contribution < -0.4 is 9.46 Å². The van der Waals surface area contributed by atoms with Gasteiger partial charge in [-0.1, -0.05) is 44.2 Å². The van der Waals surface area contributed by atoms with E-state index in [0.717, 1.165) is 42.4 Å². The van der Waals surface area contributed by atoms with Gasteiger partial charge >= 0.3 is 12.3 Å². The van der Waals surface area contributed by atoms with Gasteiger partial charge in [-0.2, -0.15) is 18.2 Å². The molecule has 0 radical (unpaired) electrons. The fraction of sp³-hybridized carbons (Fsp3) is 0.564. The van der Waals surface area contributed by atoms with E-state index in [2.05, 4.69) is 14.7 Å². The number of aryl methyl sites for hydroxylation is 2. The normalized spacial score (nSPS) is 21.9. The summed E-state index contributed by atoms with van der Waals surface area (Å²) in [6.45, 7) is 12.8. The molecule has 2 fully saturated rings. The topological polar surface area (TPSA) is 111 Å². The number of amides is 1. The minimum absolute atomic E-state index is 0.0207. The molecule has 6 rings (SSSR count). The van der Waals surface area contributed by atoms with E-state index in [1.54, 1.807) is 23.1 Å². The van der Waals surface area contributed by atoms with Crippen LogP contribution in [0.15, 0.2) is 53.4 Å². The third-order valence-electron chi connectivity index (χ3n) is 11.1. The molecule has 1 unspecified atom stereocenters. The molecule has 1 N–H and O–H groups in total. The van der Waals surface area contributed by atoms with Crippen molar-refractivity contribution in [3.63, 3.8) is 0 Å². The van der Waals surface area contributed by atoms with Crippen molar-refractivity contribution in [1.29, 1.82) is 0 Å². The molecule has 52 heavy (non-hydrogen) atoms. The van der Waals surface area contributed by atoms with Crippen molar-refractivity contribution < 1.29 is 35.9 Å². The van der Waals surface area contributed by atoms with Gasteiger partial charge in [-0.05, 0) is 113 Å².